The first kappa shape index (κ1) is 14.3. The summed E-state index contributed by atoms with van der Waals surface area (Å²) in [5.74, 6) is -0.0934. The van der Waals surface area contributed by atoms with Gasteiger partial charge in [-0.2, -0.15) is 0 Å². The van der Waals surface area contributed by atoms with E-state index in [1.165, 1.54) is 18.2 Å². The molecule has 1 aromatic carbocycles. The lowest BCUT2D eigenvalue weighted by molar-refractivity contribution is 0.303. The molecule has 0 amide bonds. The first-order chi connectivity index (χ1) is 9.60. The Morgan fingerprint density at radius 1 is 1.40 bits per heavy atom. The molecule has 0 bridgehead atoms. The summed E-state index contributed by atoms with van der Waals surface area (Å²) in [5, 5.41) is 11.6. The molecule has 5 nitrogen and oxygen atoms in total. The third-order valence-electron chi connectivity index (χ3n) is 2.53. The molecule has 0 saturated heterocycles. The van der Waals surface area contributed by atoms with Gasteiger partial charge in [0.05, 0.1) is 6.20 Å². The van der Waals surface area contributed by atoms with Crippen molar-refractivity contribution >= 4 is 21.8 Å². The van der Waals surface area contributed by atoms with E-state index in [0.717, 1.165) is 4.47 Å². The van der Waals surface area contributed by atoms with Crippen LogP contribution >= 0.6 is 15.9 Å². The second kappa shape index (κ2) is 6.33. The maximum atomic E-state index is 13.2. The van der Waals surface area contributed by atoms with E-state index >= 15 is 0 Å². The Kier molecular flexibility index (Phi) is 4.52. The third kappa shape index (κ3) is 3.45. The second-order valence-electron chi connectivity index (χ2n) is 3.91. The SMILES string of the molecule is NC(=NO)c1cc(F)ccc1COc1cncc(Br)c1. The number of halogens is 2. The molecule has 1 heterocycles. The Balaban J connectivity index is 2.21. The van der Waals surface area contributed by atoms with Crippen LogP contribution in [-0.4, -0.2) is 16.0 Å². The molecule has 3 N–H and O–H groups in total. The molecule has 0 aliphatic heterocycles. The summed E-state index contributed by atoms with van der Waals surface area (Å²) in [4.78, 5) is 3.96. The van der Waals surface area contributed by atoms with E-state index in [-0.39, 0.29) is 18.0 Å². The highest BCUT2D eigenvalue weighted by Crippen LogP contribution is 2.19. The van der Waals surface area contributed by atoms with Crippen LogP contribution in [-0.2, 0) is 6.61 Å². The van der Waals surface area contributed by atoms with Crippen LogP contribution in [0.2, 0.25) is 0 Å². The highest BCUT2D eigenvalue weighted by atomic mass is 79.9. The van der Waals surface area contributed by atoms with Gasteiger partial charge in [-0.15, -0.1) is 0 Å². The number of hydrogen-bond donors (Lipinski definition) is 2. The molecular weight excluding hydrogens is 329 g/mol. The molecule has 104 valence electrons. The lowest BCUT2D eigenvalue weighted by Crippen LogP contribution is -2.17. The highest BCUT2D eigenvalue weighted by Gasteiger charge is 2.09. The van der Waals surface area contributed by atoms with E-state index < -0.39 is 5.82 Å². The van der Waals surface area contributed by atoms with E-state index in [1.807, 2.05) is 0 Å². The van der Waals surface area contributed by atoms with Crippen molar-refractivity contribution in [2.45, 2.75) is 6.61 Å². The summed E-state index contributed by atoms with van der Waals surface area (Å²) in [6.07, 6.45) is 3.18. The Hall–Kier alpha value is -2.15. The van der Waals surface area contributed by atoms with Crippen LogP contribution in [0.5, 0.6) is 5.75 Å². The first-order valence-electron chi connectivity index (χ1n) is 5.60. The largest absolute Gasteiger partial charge is 0.487 e. The lowest BCUT2D eigenvalue weighted by Gasteiger charge is -2.10. The van der Waals surface area contributed by atoms with Crippen molar-refractivity contribution in [1.29, 1.82) is 0 Å². The van der Waals surface area contributed by atoms with Crippen LogP contribution in [0.15, 0.2) is 46.3 Å². The van der Waals surface area contributed by atoms with Crippen molar-refractivity contribution in [2.75, 3.05) is 0 Å². The molecule has 0 spiro atoms. The summed E-state index contributed by atoms with van der Waals surface area (Å²) in [6.45, 7) is 0.143. The zero-order chi connectivity index (χ0) is 14.5. The number of rotatable bonds is 4. The van der Waals surface area contributed by atoms with Gasteiger partial charge in [0.2, 0.25) is 0 Å². The summed E-state index contributed by atoms with van der Waals surface area (Å²) in [7, 11) is 0. The number of benzene rings is 1. The Bertz CT molecular complexity index is 649. The molecule has 0 fully saturated rings. The molecule has 20 heavy (non-hydrogen) atoms. The van der Waals surface area contributed by atoms with Crippen molar-refractivity contribution < 1.29 is 14.3 Å². The number of pyridine rings is 1. The predicted octanol–water partition coefficient (Wildman–Crippen LogP) is 2.66. The molecule has 0 aliphatic rings. The van der Waals surface area contributed by atoms with E-state index in [1.54, 1.807) is 18.5 Å². The number of nitrogens with two attached hydrogens (primary N) is 1. The third-order valence-corrected chi connectivity index (χ3v) is 2.96. The molecule has 2 rings (SSSR count). The summed E-state index contributed by atoms with van der Waals surface area (Å²) < 4.78 is 19.5. The van der Waals surface area contributed by atoms with Crippen LogP contribution < -0.4 is 10.5 Å². The van der Waals surface area contributed by atoms with E-state index in [2.05, 4.69) is 26.1 Å². The summed E-state index contributed by atoms with van der Waals surface area (Å²) in [5.41, 5.74) is 6.40. The smallest absolute Gasteiger partial charge is 0.170 e. The van der Waals surface area contributed by atoms with Crippen LogP contribution in [0, 0.1) is 5.82 Å². The topological polar surface area (TPSA) is 80.7 Å². The second-order valence-corrected chi connectivity index (χ2v) is 4.83. The van der Waals surface area contributed by atoms with Crippen molar-refractivity contribution in [3.63, 3.8) is 0 Å². The van der Waals surface area contributed by atoms with Crippen molar-refractivity contribution in [1.82, 2.24) is 4.98 Å². The van der Waals surface area contributed by atoms with Crippen molar-refractivity contribution in [3.8, 4) is 5.75 Å². The molecule has 0 unspecified atom stereocenters. The summed E-state index contributed by atoms with van der Waals surface area (Å²) in [6, 6.07) is 5.74. The zero-order valence-corrected chi connectivity index (χ0v) is 11.8. The van der Waals surface area contributed by atoms with Gasteiger partial charge in [0.25, 0.3) is 0 Å². The fourth-order valence-corrected chi connectivity index (χ4v) is 1.94. The zero-order valence-electron chi connectivity index (χ0n) is 10.3. The lowest BCUT2D eigenvalue weighted by atomic mass is 10.1. The van der Waals surface area contributed by atoms with Gasteiger partial charge in [-0.05, 0) is 34.1 Å². The van der Waals surface area contributed by atoms with Gasteiger partial charge in [0.1, 0.15) is 18.2 Å². The number of ether oxygens (including phenoxy) is 1. The average molecular weight is 340 g/mol. The van der Waals surface area contributed by atoms with Gasteiger partial charge in [0.15, 0.2) is 5.84 Å². The number of oxime groups is 1. The first-order valence-corrected chi connectivity index (χ1v) is 6.39. The van der Waals surface area contributed by atoms with Crippen LogP contribution in [0.4, 0.5) is 4.39 Å². The van der Waals surface area contributed by atoms with Crippen molar-refractivity contribution in [3.05, 3.63) is 58.1 Å². The molecule has 7 heteroatoms. The number of hydrogen-bond acceptors (Lipinski definition) is 4. The molecule has 2 aromatic rings. The number of nitrogens with zero attached hydrogens (tertiary/aromatic N) is 2. The van der Waals surface area contributed by atoms with Crippen LogP contribution in [0.25, 0.3) is 0 Å². The Labute approximate surface area is 123 Å². The highest BCUT2D eigenvalue weighted by molar-refractivity contribution is 9.10. The van der Waals surface area contributed by atoms with Crippen molar-refractivity contribution in [2.24, 2.45) is 10.9 Å². The molecule has 0 atom stereocenters. The van der Waals surface area contributed by atoms with Gasteiger partial charge < -0.3 is 15.7 Å². The van der Waals surface area contributed by atoms with E-state index in [0.29, 0.717) is 11.3 Å². The maximum Gasteiger partial charge on any atom is 0.170 e. The Morgan fingerprint density at radius 2 is 2.20 bits per heavy atom. The fraction of sp³-hybridized carbons (Fsp3) is 0.0769. The van der Waals surface area contributed by atoms with Gasteiger partial charge >= 0.3 is 0 Å². The van der Waals surface area contributed by atoms with Crippen LogP contribution in [0.1, 0.15) is 11.1 Å². The molecular formula is C13H11BrFN3O2. The monoisotopic (exact) mass is 339 g/mol. The van der Waals surface area contributed by atoms with E-state index in [9.17, 15) is 4.39 Å². The van der Waals surface area contributed by atoms with E-state index in [4.69, 9.17) is 15.7 Å². The predicted molar refractivity (Wildman–Crippen MR) is 75.2 cm³/mol. The quantitative estimate of drug-likeness (QED) is 0.388. The van der Waals surface area contributed by atoms with Crippen LogP contribution in [0.3, 0.4) is 0 Å². The normalized spacial score (nSPS) is 11.4. The minimum atomic E-state index is -0.473. The van der Waals surface area contributed by atoms with Gasteiger partial charge in [-0.1, -0.05) is 11.2 Å². The van der Waals surface area contributed by atoms with Gasteiger partial charge in [-0.3, -0.25) is 4.98 Å². The molecule has 1 aromatic heterocycles. The Morgan fingerprint density at radius 3 is 2.90 bits per heavy atom. The standard InChI is InChI=1S/C13H11BrFN3O2/c14-9-3-11(6-17-5-9)20-7-8-1-2-10(15)4-12(8)13(16)18-19/h1-6,19H,7H2,(H2,16,18). The van der Waals surface area contributed by atoms with Gasteiger partial charge in [-0.25, -0.2) is 4.39 Å². The molecule has 0 aliphatic carbocycles. The fourth-order valence-electron chi connectivity index (χ4n) is 1.60. The molecule has 0 radical (unpaired) electrons. The number of amidine groups is 1. The maximum absolute atomic E-state index is 13.2. The average Bonchev–Trinajstić information content (AvgIpc) is 2.45. The minimum absolute atomic E-state index is 0.143. The summed E-state index contributed by atoms with van der Waals surface area (Å²) >= 11 is 3.28. The number of aromatic nitrogens is 1. The van der Waals surface area contributed by atoms with Gasteiger partial charge in [0, 0.05) is 21.8 Å². The molecule has 0 saturated carbocycles. The minimum Gasteiger partial charge on any atom is -0.487 e.